The van der Waals surface area contributed by atoms with Crippen LogP contribution in [0.1, 0.15) is 31.0 Å². The molecular weight excluding hydrogens is 412 g/mol. The zero-order valence-corrected chi connectivity index (χ0v) is 18.1. The van der Waals surface area contributed by atoms with Crippen LogP contribution in [0.3, 0.4) is 0 Å². The number of nitrogens with one attached hydrogen (secondary N) is 1. The topological polar surface area (TPSA) is 87.2 Å². The van der Waals surface area contributed by atoms with Crippen LogP contribution in [0.4, 0.5) is 5.69 Å². The first-order valence-electron chi connectivity index (χ1n) is 9.61. The quantitative estimate of drug-likeness (QED) is 0.594. The van der Waals surface area contributed by atoms with Gasteiger partial charge < -0.3 is 9.88 Å². The summed E-state index contributed by atoms with van der Waals surface area (Å²) in [6.07, 6.45) is 1.55. The number of pyridine rings is 1. The van der Waals surface area contributed by atoms with Gasteiger partial charge in [-0.1, -0.05) is 23.7 Å². The van der Waals surface area contributed by atoms with Gasteiger partial charge in [0.25, 0.3) is 5.56 Å². The van der Waals surface area contributed by atoms with Gasteiger partial charge in [0.05, 0.1) is 11.6 Å². The molecule has 0 saturated carbocycles. The fourth-order valence-electron chi connectivity index (χ4n) is 3.13. The summed E-state index contributed by atoms with van der Waals surface area (Å²) in [5, 5.41) is 12.6. The Kier molecular flexibility index (Phi) is 6.68. The lowest BCUT2D eigenvalue weighted by Gasteiger charge is -2.16. The van der Waals surface area contributed by atoms with E-state index < -0.39 is 6.04 Å². The fourth-order valence-corrected chi connectivity index (χ4v) is 3.30. The van der Waals surface area contributed by atoms with Crippen molar-refractivity contribution in [1.82, 2.24) is 4.57 Å². The molecule has 156 valence electrons. The highest BCUT2D eigenvalue weighted by Gasteiger charge is 2.17. The van der Waals surface area contributed by atoms with E-state index in [-0.39, 0.29) is 11.5 Å². The smallest absolute Gasteiger partial charge is 0.251 e. The molecular formula is C24H21ClN4O2. The van der Waals surface area contributed by atoms with Crippen LogP contribution in [0.15, 0.2) is 70.6 Å². The van der Waals surface area contributed by atoms with Gasteiger partial charge in [-0.05, 0) is 61.4 Å². The van der Waals surface area contributed by atoms with Crippen molar-refractivity contribution in [3.63, 3.8) is 0 Å². The Labute approximate surface area is 185 Å². The molecule has 2 aromatic carbocycles. The molecule has 3 rings (SSSR count). The first-order valence-corrected chi connectivity index (χ1v) is 9.98. The maximum atomic E-state index is 12.7. The summed E-state index contributed by atoms with van der Waals surface area (Å²) >= 11 is 6.05. The Hall–Kier alpha value is -3.69. The number of hydrogen-bond donors (Lipinski definition) is 1. The molecule has 1 N–H and O–H groups in total. The first kappa shape index (κ1) is 22.0. The molecule has 0 saturated heterocycles. The van der Waals surface area contributed by atoms with E-state index in [0.717, 1.165) is 11.3 Å². The molecule has 0 aliphatic heterocycles. The van der Waals surface area contributed by atoms with Gasteiger partial charge in [-0.3, -0.25) is 14.6 Å². The van der Waals surface area contributed by atoms with Crippen molar-refractivity contribution in [1.29, 1.82) is 5.26 Å². The molecule has 31 heavy (non-hydrogen) atoms. The van der Waals surface area contributed by atoms with Gasteiger partial charge in [0, 0.05) is 41.3 Å². The first-order chi connectivity index (χ1) is 14.8. The van der Waals surface area contributed by atoms with Gasteiger partial charge in [0.1, 0.15) is 6.04 Å². The molecule has 0 aliphatic rings. The summed E-state index contributed by atoms with van der Waals surface area (Å²) in [6, 6.07) is 16.7. The molecule has 0 radical (unpaired) electrons. The van der Waals surface area contributed by atoms with Gasteiger partial charge in [-0.15, -0.1) is 0 Å². The Morgan fingerprint density at radius 1 is 1.16 bits per heavy atom. The third-order valence-corrected chi connectivity index (χ3v) is 5.30. The summed E-state index contributed by atoms with van der Waals surface area (Å²) in [4.78, 5) is 29.5. The second-order valence-corrected chi connectivity index (χ2v) is 7.45. The van der Waals surface area contributed by atoms with E-state index in [1.165, 1.54) is 10.6 Å². The van der Waals surface area contributed by atoms with Crippen molar-refractivity contribution in [2.24, 2.45) is 4.99 Å². The Morgan fingerprint density at radius 3 is 2.48 bits per heavy atom. The van der Waals surface area contributed by atoms with Crippen LogP contribution in [0.5, 0.6) is 0 Å². The Morgan fingerprint density at radius 2 is 1.87 bits per heavy atom. The molecule has 7 heteroatoms. The number of benzene rings is 2. The lowest BCUT2D eigenvalue weighted by molar-refractivity contribution is -0.118. The van der Waals surface area contributed by atoms with Crippen LogP contribution >= 0.6 is 11.6 Å². The zero-order chi connectivity index (χ0) is 22.5. The average Bonchev–Trinajstić information content (AvgIpc) is 2.78. The van der Waals surface area contributed by atoms with Crippen LogP contribution in [0.25, 0.3) is 11.1 Å². The predicted molar refractivity (Wildman–Crippen MR) is 124 cm³/mol. The number of rotatable bonds is 5. The molecule has 3 aromatic rings. The second kappa shape index (κ2) is 9.41. The van der Waals surface area contributed by atoms with E-state index in [9.17, 15) is 14.9 Å². The molecule has 0 spiro atoms. The SMILES string of the molecule is CN=C(C)c1ccc(NC(=O)C(C)n2ccc(-c3cc(Cl)ccc3C#N)cc2=O)cc1. The monoisotopic (exact) mass is 432 g/mol. The van der Waals surface area contributed by atoms with Crippen LogP contribution < -0.4 is 10.9 Å². The predicted octanol–water partition coefficient (Wildman–Crippen LogP) is 4.68. The molecule has 0 bridgehead atoms. The Bertz CT molecular complexity index is 1250. The summed E-state index contributed by atoms with van der Waals surface area (Å²) in [6.45, 7) is 3.56. The molecule has 1 aromatic heterocycles. The van der Waals surface area contributed by atoms with Crippen molar-refractivity contribution in [2.45, 2.75) is 19.9 Å². The van der Waals surface area contributed by atoms with E-state index >= 15 is 0 Å². The lowest BCUT2D eigenvalue weighted by atomic mass is 10.0. The molecule has 0 aliphatic carbocycles. The summed E-state index contributed by atoms with van der Waals surface area (Å²) in [7, 11) is 1.73. The maximum Gasteiger partial charge on any atom is 0.251 e. The van der Waals surface area contributed by atoms with Crippen LogP contribution in [-0.2, 0) is 4.79 Å². The minimum absolute atomic E-state index is 0.316. The fraction of sp³-hybridized carbons (Fsp3) is 0.167. The number of carbonyl (C=O) groups excluding carboxylic acids is 1. The molecule has 1 atom stereocenters. The standard InChI is InChI=1S/C24H21ClN4O2/c1-15(27-3)17-5-8-21(9-6-17)28-24(31)16(2)29-11-10-18(12-23(29)30)22-13-20(25)7-4-19(22)14-26/h4-13,16H,1-3H3,(H,28,31). The normalized spacial score (nSPS) is 12.2. The molecule has 1 amide bonds. The van der Waals surface area contributed by atoms with E-state index in [1.807, 2.05) is 19.1 Å². The third kappa shape index (κ3) is 4.90. The highest BCUT2D eigenvalue weighted by atomic mass is 35.5. The van der Waals surface area contributed by atoms with Gasteiger partial charge in [0.15, 0.2) is 0 Å². The van der Waals surface area contributed by atoms with Crippen molar-refractivity contribution >= 4 is 28.9 Å². The number of aliphatic imine (C=N–C) groups is 1. The van der Waals surface area contributed by atoms with Crippen LogP contribution in [0.2, 0.25) is 5.02 Å². The van der Waals surface area contributed by atoms with Crippen LogP contribution in [0, 0.1) is 11.3 Å². The van der Waals surface area contributed by atoms with E-state index in [0.29, 0.717) is 27.4 Å². The average molecular weight is 433 g/mol. The second-order valence-electron chi connectivity index (χ2n) is 7.01. The number of nitrogens with zero attached hydrogens (tertiary/aromatic N) is 3. The maximum absolute atomic E-state index is 12.7. The van der Waals surface area contributed by atoms with Gasteiger partial charge in [-0.25, -0.2) is 0 Å². The van der Waals surface area contributed by atoms with Crippen molar-refractivity contribution in [2.75, 3.05) is 12.4 Å². The van der Waals surface area contributed by atoms with Gasteiger partial charge in [-0.2, -0.15) is 5.26 Å². The Balaban J connectivity index is 1.82. The minimum Gasteiger partial charge on any atom is -0.324 e. The number of amides is 1. The molecule has 6 nitrogen and oxygen atoms in total. The lowest BCUT2D eigenvalue weighted by Crippen LogP contribution is -2.31. The third-order valence-electron chi connectivity index (χ3n) is 5.06. The summed E-state index contributed by atoms with van der Waals surface area (Å²) in [5.41, 5.74) is 3.70. The van der Waals surface area contributed by atoms with E-state index in [2.05, 4.69) is 16.4 Å². The number of nitriles is 1. The van der Waals surface area contributed by atoms with Gasteiger partial charge >= 0.3 is 0 Å². The van der Waals surface area contributed by atoms with E-state index in [1.54, 1.807) is 56.6 Å². The summed E-state index contributed by atoms with van der Waals surface area (Å²) in [5.74, 6) is -0.316. The number of halogens is 1. The highest BCUT2D eigenvalue weighted by molar-refractivity contribution is 6.30. The van der Waals surface area contributed by atoms with Crippen LogP contribution in [-0.4, -0.2) is 23.2 Å². The molecule has 1 heterocycles. The minimum atomic E-state index is -0.727. The van der Waals surface area contributed by atoms with Crippen molar-refractivity contribution < 1.29 is 4.79 Å². The highest BCUT2D eigenvalue weighted by Crippen LogP contribution is 2.26. The number of carbonyl (C=O) groups is 1. The number of hydrogen-bond acceptors (Lipinski definition) is 4. The van der Waals surface area contributed by atoms with Crippen molar-refractivity contribution in [3.05, 3.63) is 87.3 Å². The molecule has 0 fully saturated rings. The molecule has 1 unspecified atom stereocenters. The zero-order valence-electron chi connectivity index (χ0n) is 17.4. The van der Waals surface area contributed by atoms with Gasteiger partial charge in [0.2, 0.25) is 5.91 Å². The number of aromatic nitrogens is 1. The number of anilines is 1. The van der Waals surface area contributed by atoms with Crippen molar-refractivity contribution in [3.8, 4) is 17.2 Å². The largest absolute Gasteiger partial charge is 0.324 e. The van der Waals surface area contributed by atoms with E-state index in [4.69, 9.17) is 11.6 Å². The summed E-state index contributed by atoms with van der Waals surface area (Å²) < 4.78 is 1.34.